The Morgan fingerprint density at radius 2 is 1.86 bits per heavy atom. The highest BCUT2D eigenvalue weighted by atomic mass is 32.2. The maximum Gasteiger partial charge on any atom is 0.240 e. The number of hydrogen-bond donors (Lipinski definition) is 1. The van der Waals surface area contributed by atoms with Gasteiger partial charge in [0.15, 0.2) is 11.5 Å². The fraction of sp³-hybridized carbons (Fsp3) is 0.632. The second-order valence-electron chi connectivity index (χ2n) is 7.19. The standard InChI is InChI=1S/C19H29N3O5S/c1-26-17-6-5-16(13-18(17)27-2)28(24,25)20-9-7-19(23)22-12-8-15(14-22)21-10-3-4-11-21/h5-6,13,15,20H,3-4,7-12,14H2,1-2H3. The summed E-state index contributed by atoms with van der Waals surface area (Å²) in [7, 11) is -0.787. The van der Waals surface area contributed by atoms with Crippen molar-refractivity contribution in [3.05, 3.63) is 18.2 Å². The summed E-state index contributed by atoms with van der Waals surface area (Å²) in [5.41, 5.74) is 0. The van der Waals surface area contributed by atoms with E-state index in [0.717, 1.165) is 32.6 Å². The van der Waals surface area contributed by atoms with Crippen molar-refractivity contribution in [3.63, 3.8) is 0 Å². The number of sulfonamides is 1. The summed E-state index contributed by atoms with van der Waals surface area (Å²) in [4.78, 5) is 16.8. The van der Waals surface area contributed by atoms with Crippen LogP contribution in [-0.4, -0.2) is 77.1 Å². The van der Waals surface area contributed by atoms with E-state index in [1.807, 2.05) is 4.90 Å². The van der Waals surface area contributed by atoms with Crippen LogP contribution in [0, 0.1) is 0 Å². The van der Waals surface area contributed by atoms with E-state index in [0.29, 0.717) is 17.5 Å². The quantitative estimate of drug-likeness (QED) is 0.688. The van der Waals surface area contributed by atoms with Crippen molar-refractivity contribution in [1.29, 1.82) is 0 Å². The molecule has 2 fully saturated rings. The molecule has 0 spiro atoms. The molecule has 9 heteroatoms. The lowest BCUT2D eigenvalue weighted by Gasteiger charge is -2.23. The predicted octanol–water partition coefficient (Wildman–Crippen LogP) is 1.07. The van der Waals surface area contributed by atoms with E-state index in [4.69, 9.17) is 9.47 Å². The van der Waals surface area contributed by atoms with E-state index in [1.54, 1.807) is 6.07 Å². The highest BCUT2D eigenvalue weighted by molar-refractivity contribution is 7.89. The van der Waals surface area contributed by atoms with Gasteiger partial charge in [-0.25, -0.2) is 13.1 Å². The first-order chi connectivity index (χ1) is 13.4. The third-order valence-corrected chi connectivity index (χ3v) is 6.93. The van der Waals surface area contributed by atoms with E-state index < -0.39 is 10.0 Å². The molecule has 1 N–H and O–H groups in total. The molecule has 2 aliphatic rings. The van der Waals surface area contributed by atoms with E-state index in [9.17, 15) is 13.2 Å². The molecule has 2 saturated heterocycles. The molecule has 0 aromatic heterocycles. The highest BCUT2D eigenvalue weighted by Gasteiger charge is 2.31. The van der Waals surface area contributed by atoms with E-state index in [-0.39, 0.29) is 23.8 Å². The first-order valence-electron chi connectivity index (χ1n) is 9.68. The van der Waals surface area contributed by atoms with Crippen molar-refractivity contribution in [1.82, 2.24) is 14.5 Å². The summed E-state index contributed by atoms with van der Waals surface area (Å²) in [6.45, 7) is 3.82. The third-order valence-electron chi connectivity index (χ3n) is 5.47. The zero-order valence-electron chi connectivity index (χ0n) is 16.5. The largest absolute Gasteiger partial charge is 0.493 e. The Bertz CT molecular complexity index is 793. The van der Waals surface area contributed by atoms with Crippen LogP contribution in [0.25, 0.3) is 0 Å². The van der Waals surface area contributed by atoms with Gasteiger partial charge in [-0.15, -0.1) is 0 Å². The lowest BCUT2D eigenvalue weighted by atomic mass is 10.2. The molecule has 0 radical (unpaired) electrons. The van der Waals surface area contributed by atoms with Gasteiger partial charge in [0, 0.05) is 38.2 Å². The molecule has 3 rings (SSSR count). The molecule has 2 aliphatic heterocycles. The summed E-state index contributed by atoms with van der Waals surface area (Å²) in [5, 5.41) is 0. The molecule has 1 aromatic carbocycles. The van der Waals surface area contributed by atoms with Gasteiger partial charge < -0.3 is 14.4 Å². The zero-order chi connectivity index (χ0) is 20.1. The number of benzene rings is 1. The normalized spacial score (nSPS) is 20.5. The second-order valence-corrected chi connectivity index (χ2v) is 8.96. The highest BCUT2D eigenvalue weighted by Crippen LogP contribution is 2.29. The van der Waals surface area contributed by atoms with Gasteiger partial charge in [-0.2, -0.15) is 0 Å². The fourth-order valence-corrected chi connectivity index (χ4v) is 4.94. The minimum absolute atomic E-state index is 0.00305. The molecular weight excluding hydrogens is 382 g/mol. The van der Waals surface area contributed by atoms with Gasteiger partial charge in [-0.3, -0.25) is 9.69 Å². The van der Waals surface area contributed by atoms with Crippen molar-refractivity contribution in [2.75, 3.05) is 46.9 Å². The topological polar surface area (TPSA) is 88.2 Å². The van der Waals surface area contributed by atoms with E-state index >= 15 is 0 Å². The lowest BCUT2D eigenvalue weighted by molar-refractivity contribution is -0.130. The first kappa shape index (κ1) is 20.9. The summed E-state index contributed by atoms with van der Waals surface area (Å²) >= 11 is 0. The lowest BCUT2D eigenvalue weighted by Crippen LogP contribution is -2.38. The minimum atomic E-state index is -3.73. The smallest absolute Gasteiger partial charge is 0.240 e. The number of carbonyl (C=O) groups excluding carboxylic acids is 1. The van der Waals surface area contributed by atoms with Gasteiger partial charge in [0.1, 0.15) is 0 Å². The Morgan fingerprint density at radius 3 is 2.54 bits per heavy atom. The summed E-state index contributed by atoms with van der Waals surface area (Å²) in [6, 6.07) is 4.85. The second kappa shape index (κ2) is 9.11. The average Bonchev–Trinajstić information content (AvgIpc) is 3.38. The molecular formula is C19H29N3O5S. The van der Waals surface area contributed by atoms with Crippen LogP contribution in [0.1, 0.15) is 25.7 Å². The molecule has 0 aliphatic carbocycles. The Morgan fingerprint density at radius 1 is 1.14 bits per heavy atom. The van der Waals surface area contributed by atoms with Crippen molar-refractivity contribution in [2.45, 2.75) is 36.6 Å². The van der Waals surface area contributed by atoms with Gasteiger partial charge in [0.05, 0.1) is 19.1 Å². The van der Waals surface area contributed by atoms with Crippen LogP contribution in [0.4, 0.5) is 0 Å². The van der Waals surface area contributed by atoms with Crippen LogP contribution < -0.4 is 14.2 Å². The minimum Gasteiger partial charge on any atom is -0.493 e. The van der Waals surface area contributed by atoms with Crippen LogP contribution in [0.5, 0.6) is 11.5 Å². The number of amides is 1. The number of carbonyl (C=O) groups is 1. The number of ether oxygens (including phenoxy) is 2. The maximum atomic E-state index is 12.5. The molecule has 2 heterocycles. The predicted molar refractivity (Wildman–Crippen MR) is 105 cm³/mol. The van der Waals surface area contributed by atoms with Gasteiger partial charge in [-0.1, -0.05) is 0 Å². The number of hydrogen-bond acceptors (Lipinski definition) is 6. The van der Waals surface area contributed by atoms with Gasteiger partial charge >= 0.3 is 0 Å². The number of likely N-dealkylation sites (tertiary alicyclic amines) is 2. The van der Waals surface area contributed by atoms with E-state index in [2.05, 4.69) is 9.62 Å². The number of nitrogens with one attached hydrogen (secondary N) is 1. The number of rotatable bonds is 8. The molecule has 1 unspecified atom stereocenters. The Labute approximate surface area is 166 Å². The number of nitrogens with zero attached hydrogens (tertiary/aromatic N) is 2. The molecule has 0 saturated carbocycles. The molecule has 1 aromatic rings. The number of methoxy groups -OCH3 is 2. The average molecular weight is 412 g/mol. The van der Waals surface area contributed by atoms with Crippen LogP contribution in [0.2, 0.25) is 0 Å². The maximum absolute atomic E-state index is 12.5. The SMILES string of the molecule is COc1ccc(S(=O)(=O)NCCC(=O)N2CCC(N3CCCC3)C2)cc1OC. The van der Waals surface area contributed by atoms with E-state index in [1.165, 1.54) is 39.2 Å². The Hall–Kier alpha value is -1.84. The van der Waals surface area contributed by atoms with Crippen molar-refractivity contribution >= 4 is 15.9 Å². The zero-order valence-corrected chi connectivity index (χ0v) is 17.3. The van der Waals surface area contributed by atoms with Gasteiger partial charge in [0.2, 0.25) is 15.9 Å². The summed E-state index contributed by atoms with van der Waals surface area (Å²) < 4.78 is 37.8. The monoisotopic (exact) mass is 411 g/mol. The molecule has 1 amide bonds. The van der Waals surface area contributed by atoms with Crippen molar-refractivity contribution in [2.24, 2.45) is 0 Å². The Balaban J connectivity index is 1.50. The van der Waals surface area contributed by atoms with Gasteiger partial charge in [-0.05, 0) is 44.5 Å². The summed E-state index contributed by atoms with van der Waals surface area (Å²) in [5.74, 6) is 0.793. The summed E-state index contributed by atoms with van der Waals surface area (Å²) in [6.07, 6.45) is 3.63. The molecule has 28 heavy (non-hydrogen) atoms. The molecule has 0 bridgehead atoms. The van der Waals surface area contributed by atoms with Crippen molar-refractivity contribution < 1.29 is 22.7 Å². The molecule has 156 valence electrons. The van der Waals surface area contributed by atoms with Gasteiger partial charge in [0.25, 0.3) is 0 Å². The van der Waals surface area contributed by atoms with Crippen LogP contribution >= 0.6 is 0 Å². The van der Waals surface area contributed by atoms with Crippen molar-refractivity contribution in [3.8, 4) is 11.5 Å². The van der Waals surface area contributed by atoms with Crippen LogP contribution in [-0.2, 0) is 14.8 Å². The first-order valence-corrected chi connectivity index (χ1v) is 11.2. The Kier molecular flexibility index (Phi) is 6.79. The molecule has 8 nitrogen and oxygen atoms in total. The fourth-order valence-electron chi connectivity index (χ4n) is 3.89. The molecule has 1 atom stereocenters. The third kappa shape index (κ3) is 4.76. The van der Waals surface area contributed by atoms with Crippen LogP contribution in [0.3, 0.4) is 0 Å². The van der Waals surface area contributed by atoms with Crippen LogP contribution in [0.15, 0.2) is 23.1 Å².